The number of nitrogens with zero attached hydrogens (tertiary/aromatic N) is 2. The van der Waals surface area contributed by atoms with Gasteiger partial charge in [0.2, 0.25) is 0 Å². The Hall–Kier alpha value is -8.98. The summed E-state index contributed by atoms with van der Waals surface area (Å²) in [7, 11) is 0. The van der Waals surface area contributed by atoms with Gasteiger partial charge < -0.3 is 9.47 Å². The van der Waals surface area contributed by atoms with Crippen LogP contribution < -0.4 is 4.90 Å². The molecule has 1 aromatic heterocycles. The number of para-hydroxylation sites is 2. The Bertz CT molecular complexity index is 3540. The van der Waals surface area contributed by atoms with Crippen molar-refractivity contribution in [2.45, 2.75) is 0 Å². The van der Waals surface area contributed by atoms with E-state index in [1.54, 1.807) is 0 Å². The highest BCUT2D eigenvalue weighted by atomic mass is 15.1. The lowest BCUT2D eigenvalue weighted by Gasteiger charge is -2.26. The normalized spacial score (nSPS) is 11.2. The van der Waals surface area contributed by atoms with E-state index in [4.69, 9.17) is 0 Å². The monoisotopic (exact) mass is 866 g/mol. The maximum absolute atomic E-state index is 2.39. The van der Waals surface area contributed by atoms with E-state index in [2.05, 4.69) is 289 Å². The molecule has 0 aliphatic rings. The standard InChI is InChI=1S/C66H46N2/c1-4-15-47(16-5-1)49-29-33-51(34-30-49)53-37-41-59(42-38-53)67(60-43-39-54(40-44-60)52-35-31-50(32-36-52)48-17-6-2-7-18-48)61-24-13-20-56(46-61)55-19-12-21-57(45-55)62-26-14-28-65-66(62)63-25-10-11-27-64(63)68(65)58-22-8-3-9-23-58/h1-46H. The van der Waals surface area contributed by atoms with Gasteiger partial charge in [0.15, 0.2) is 0 Å². The zero-order chi connectivity index (χ0) is 45.2. The third-order valence-corrected chi connectivity index (χ3v) is 13.2. The van der Waals surface area contributed by atoms with Gasteiger partial charge in [-0.3, -0.25) is 0 Å². The molecule has 0 bridgehead atoms. The first-order valence-electron chi connectivity index (χ1n) is 23.3. The van der Waals surface area contributed by atoms with E-state index < -0.39 is 0 Å². The van der Waals surface area contributed by atoms with Crippen molar-refractivity contribution in [3.05, 3.63) is 279 Å². The van der Waals surface area contributed by atoms with Gasteiger partial charge in [-0.1, -0.05) is 212 Å². The molecule has 12 aromatic rings. The molecule has 0 N–H and O–H groups in total. The molecule has 0 amide bonds. The lowest BCUT2D eigenvalue weighted by atomic mass is 9.95. The topological polar surface area (TPSA) is 8.17 Å². The van der Waals surface area contributed by atoms with Crippen molar-refractivity contribution in [1.82, 2.24) is 4.57 Å². The van der Waals surface area contributed by atoms with Crippen molar-refractivity contribution in [3.63, 3.8) is 0 Å². The molecular formula is C66H46N2. The lowest BCUT2D eigenvalue weighted by molar-refractivity contribution is 1.18. The number of fused-ring (bicyclic) bond motifs is 3. The first kappa shape index (κ1) is 40.5. The van der Waals surface area contributed by atoms with Crippen molar-refractivity contribution >= 4 is 38.9 Å². The summed E-state index contributed by atoms with van der Waals surface area (Å²) in [5.41, 5.74) is 21.1. The SMILES string of the molecule is c1ccc(-c2ccc(-c3ccc(N(c4ccc(-c5ccc(-c6ccccc6)cc5)cc4)c4cccc(-c5cccc(-c6cccc7c6c6ccccc6n7-c6ccccc6)c5)c4)cc3)cc2)cc1. The summed E-state index contributed by atoms with van der Waals surface area (Å²) < 4.78 is 2.39. The minimum atomic E-state index is 1.08. The average Bonchev–Trinajstić information content (AvgIpc) is 3.77. The average molecular weight is 867 g/mol. The van der Waals surface area contributed by atoms with Crippen molar-refractivity contribution in [1.29, 1.82) is 0 Å². The smallest absolute Gasteiger partial charge is 0.0547 e. The molecule has 2 heteroatoms. The van der Waals surface area contributed by atoms with E-state index in [1.807, 2.05) is 0 Å². The summed E-state index contributed by atoms with van der Waals surface area (Å²) >= 11 is 0. The fourth-order valence-electron chi connectivity index (χ4n) is 9.83. The minimum Gasteiger partial charge on any atom is -0.310 e. The summed E-state index contributed by atoms with van der Waals surface area (Å²) in [6.45, 7) is 0. The van der Waals surface area contributed by atoms with Gasteiger partial charge in [0.05, 0.1) is 11.0 Å². The van der Waals surface area contributed by atoms with E-state index in [0.29, 0.717) is 0 Å². The van der Waals surface area contributed by atoms with Crippen molar-refractivity contribution in [2.24, 2.45) is 0 Å². The number of aromatic nitrogens is 1. The fraction of sp³-hybridized carbons (Fsp3) is 0. The summed E-state index contributed by atoms with van der Waals surface area (Å²) in [4.78, 5) is 2.37. The summed E-state index contributed by atoms with van der Waals surface area (Å²) in [6, 6.07) is 101. The fourth-order valence-corrected chi connectivity index (χ4v) is 9.83. The summed E-state index contributed by atoms with van der Waals surface area (Å²) in [5, 5.41) is 2.51. The van der Waals surface area contributed by atoms with Crippen LogP contribution in [0.4, 0.5) is 17.1 Å². The van der Waals surface area contributed by atoms with Crippen molar-refractivity contribution in [2.75, 3.05) is 4.90 Å². The van der Waals surface area contributed by atoms with Crippen molar-refractivity contribution in [3.8, 4) is 72.4 Å². The van der Waals surface area contributed by atoms with Crippen LogP contribution in [-0.4, -0.2) is 4.57 Å². The van der Waals surface area contributed by atoms with Gasteiger partial charge in [-0.15, -0.1) is 0 Å². The number of anilines is 3. The molecule has 0 aliphatic carbocycles. The molecule has 0 saturated heterocycles. The number of hydrogen-bond donors (Lipinski definition) is 0. The zero-order valence-electron chi connectivity index (χ0n) is 37.5. The highest BCUT2D eigenvalue weighted by Gasteiger charge is 2.18. The molecule has 12 rings (SSSR count). The molecule has 0 unspecified atom stereocenters. The van der Waals surface area contributed by atoms with Crippen LogP contribution in [0.2, 0.25) is 0 Å². The maximum atomic E-state index is 2.39. The Labute approximate surface area is 397 Å². The van der Waals surface area contributed by atoms with E-state index in [1.165, 1.54) is 77.4 Å². The van der Waals surface area contributed by atoms with Crippen LogP contribution >= 0.6 is 0 Å². The Kier molecular flexibility index (Phi) is 10.6. The highest BCUT2D eigenvalue weighted by molar-refractivity contribution is 6.16. The highest BCUT2D eigenvalue weighted by Crippen LogP contribution is 2.42. The predicted molar refractivity (Wildman–Crippen MR) is 288 cm³/mol. The molecule has 0 aliphatic heterocycles. The molecule has 0 atom stereocenters. The molecule has 1 heterocycles. The minimum absolute atomic E-state index is 1.08. The molecule has 0 saturated carbocycles. The van der Waals surface area contributed by atoms with Gasteiger partial charge in [0.25, 0.3) is 0 Å². The maximum Gasteiger partial charge on any atom is 0.0547 e. The van der Waals surface area contributed by atoms with Gasteiger partial charge in [-0.2, -0.15) is 0 Å². The predicted octanol–water partition coefficient (Wildman–Crippen LogP) is 18.3. The zero-order valence-corrected chi connectivity index (χ0v) is 37.5. The van der Waals surface area contributed by atoms with Gasteiger partial charge in [0.1, 0.15) is 0 Å². The number of rotatable bonds is 10. The Morgan fingerprint density at radius 3 is 1.16 bits per heavy atom. The van der Waals surface area contributed by atoms with Crippen LogP contribution in [0.15, 0.2) is 279 Å². The van der Waals surface area contributed by atoms with E-state index in [0.717, 1.165) is 33.9 Å². The number of hydrogen-bond acceptors (Lipinski definition) is 1. The molecule has 0 radical (unpaired) electrons. The van der Waals surface area contributed by atoms with Crippen molar-refractivity contribution < 1.29 is 0 Å². The van der Waals surface area contributed by atoms with E-state index >= 15 is 0 Å². The van der Waals surface area contributed by atoms with E-state index in [-0.39, 0.29) is 0 Å². The Morgan fingerprint density at radius 2 is 0.618 bits per heavy atom. The van der Waals surface area contributed by atoms with Gasteiger partial charge in [-0.05, 0) is 133 Å². The third kappa shape index (κ3) is 7.74. The van der Waals surface area contributed by atoms with Gasteiger partial charge in [-0.25, -0.2) is 0 Å². The van der Waals surface area contributed by atoms with Crippen LogP contribution in [0, 0.1) is 0 Å². The second-order valence-corrected chi connectivity index (χ2v) is 17.3. The van der Waals surface area contributed by atoms with Gasteiger partial charge >= 0.3 is 0 Å². The van der Waals surface area contributed by atoms with Crippen LogP contribution in [0.1, 0.15) is 0 Å². The van der Waals surface area contributed by atoms with Crippen LogP contribution in [-0.2, 0) is 0 Å². The second-order valence-electron chi connectivity index (χ2n) is 17.3. The van der Waals surface area contributed by atoms with Gasteiger partial charge in [0, 0.05) is 33.5 Å². The quantitative estimate of drug-likeness (QED) is 0.133. The molecule has 0 spiro atoms. The molecule has 11 aromatic carbocycles. The molecule has 0 fully saturated rings. The lowest BCUT2D eigenvalue weighted by Crippen LogP contribution is -2.10. The Balaban J connectivity index is 0.913. The molecule has 320 valence electrons. The molecule has 68 heavy (non-hydrogen) atoms. The van der Waals surface area contributed by atoms with E-state index in [9.17, 15) is 0 Å². The largest absolute Gasteiger partial charge is 0.310 e. The first-order chi connectivity index (χ1) is 33.7. The molecule has 2 nitrogen and oxygen atoms in total. The van der Waals surface area contributed by atoms with Crippen LogP contribution in [0.25, 0.3) is 94.3 Å². The summed E-state index contributed by atoms with van der Waals surface area (Å²) in [6.07, 6.45) is 0. The molecular weight excluding hydrogens is 821 g/mol. The second kappa shape index (κ2) is 17.8. The van der Waals surface area contributed by atoms with Crippen LogP contribution in [0.3, 0.4) is 0 Å². The number of benzene rings is 11. The van der Waals surface area contributed by atoms with Crippen LogP contribution in [0.5, 0.6) is 0 Å². The first-order valence-corrected chi connectivity index (χ1v) is 23.3. The Morgan fingerprint density at radius 1 is 0.235 bits per heavy atom. The third-order valence-electron chi connectivity index (χ3n) is 13.2. The summed E-state index contributed by atoms with van der Waals surface area (Å²) in [5.74, 6) is 0.